The molecule has 1 aromatic rings. The molecule has 0 amide bonds. The van der Waals surface area contributed by atoms with Crippen molar-refractivity contribution in [2.24, 2.45) is 0 Å². The average molecular weight is 278 g/mol. The number of nitrogens with one attached hydrogen (secondary N) is 2. The molecule has 2 aliphatic rings. The Morgan fingerprint density at radius 2 is 1.05 bits per heavy atom. The van der Waals surface area contributed by atoms with E-state index in [1.807, 2.05) is 0 Å². The standard InChI is InChI=1S/C14H22N4O2/c19-11-1-2-12(20)14(18-9-5-16-6-10-18)13(11)17-7-3-15-4-8-17/h1-2,15-16,19-20H,3-10H2. The summed E-state index contributed by atoms with van der Waals surface area (Å²) in [5.41, 5.74) is 1.54. The predicted molar refractivity (Wildman–Crippen MR) is 79.9 cm³/mol. The highest BCUT2D eigenvalue weighted by atomic mass is 16.3. The summed E-state index contributed by atoms with van der Waals surface area (Å²) < 4.78 is 0. The second-order valence-corrected chi connectivity index (χ2v) is 5.28. The van der Waals surface area contributed by atoms with Crippen LogP contribution in [0.3, 0.4) is 0 Å². The van der Waals surface area contributed by atoms with Gasteiger partial charge in [-0.05, 0) is 12.1 Å². The molecule has 0 unspecified atom stereocenters. The lowest BCUT2D eigenvalue weighted by atomic mass is 10.1. The van der Waals surface area contributed by atoms with Crippen LogP contribution in [0.25, 0.3) is 0 Å². The van der Waals surface area contributed by atoms with Gasteiger partial charge in [0.25, 0.3) is 0 Å². The molecular weight excluding hydrogens is 256 g/mol. The molecule has 2 heterocycles. The number of phenolic OH excluding ortho intramolecular Hbond substituents is 2. The van der Waals surface area contributed by atoms with Gasteiger partial charge in [-0.25, -0.2) is 0 Å². The normalized spacial score (nSPS) is 20.2. The van der Waals surface area contributed by atoms with Crippen molar-refractivity contribution >= 4 is 11.4 Å². The van der Waals surface area contributed by atoms with Gasteiger partial charge in [0.1, 0.15) is 22.9 Å². The lowest BCUT2D eigenvalue weighted by Crippen LogP contribution is -2.46. The topological polar surface area (TPSA) is 71.0 Å². The summed E-state index contributed by atoms with van der Waals surface area (Å²) in [5.74, 6) is 0.497. The third-order valence-electron chi connectivity index (χ3n) is 3.98. The number of piperazine rings is 2. The van der Waals surface area contributed by atoms with Crippen molar-refractivity contribution in [2.75, 3.05) is 62.2 Å². The molecule has 4 N–H and O–H groups in total. The summed E-state index contributed by atoms with van der Waals surface area (Å²) in [6, 6.07) is 3.16. The fraction of sp³-hybridized carbons (Fsp3) is 0.571. The number of aromatic hydroxyl groups is 2. The highest BCUT2D eigenvalue weighted by molar-refractivity contribution is 5.82. The fourth-order valence-corrected chi connectivity index (χ4v) is 2.96. The third-order valence-corrected chi connectivity index (χ3v) is 3.98. The second kappa shape index (κ2) is 5.76. The summed E-state index contributed by atoms with van der Waals surface area (Å²) >= 11 is 0. The fourth-order valence-electron chi connectivity index (χ4n) is 2.96. The van der Waals surface area contributed by atoms with Gasteiger partial charge in [-0.15, -0.1) is 0 Å². The van der Waals surface area contributed by atoms with Gasteiger partial charge in [-0.1, -0.05) is 0 Å². The van der Waals surface area contributed by atoms with Gasteiger partial charge < -0.3 is 30.6 Å². The number of hydrogen-bond acceptors (Lipinski definition) is 6. The number of nitrogens with zero attached hydrogens (tertiary/aromatic N) is 2. The van der Waals surface area contributed by atoms with Gasteiger partial charge in [0, 0.05) is 52.4 Å². The molecule has 0 atom stereocenters. The summed E-state index contributed by atoms with van der Waals surface area (Å²) in [5, 5.41) is 27.2. The predicted octanol–water partition coefficient (Wildman–Crippen LogP) is -0.0830. The maximum Gasteiger partial charge on any atom is 0.141 e. The molecule has 3 rings (SSSR count). The average Bonchev–Trinajstić information content (AvgIpc) is 2.51. The van der Waals surface area contributed by atoms with E-state index in [9.17, 15) is 10.2 Å². The minimum absolute atomic E-state index is 0.248. The van der Waals surface area contributed by atoms with E-state index in [0.29, 0.717) is 0 Å². The van der Waals surface area contributed by atoms with Crippen molar-refractivity contribution in [3.05, 3.63) is 12.1 Å². The van der Waals surface area contributed by atoms with Crippen LogP contribution in [0, 0.1) is 0 Å². The number of anilines is 2. The Morgan fingerprint density at radius 1 is 0.700 bits per heavy atom. The van der Waals surface area contributed by atoms with Crippen molar-refractivity contribution in [3.63, 3.8) is 0 Å². The van der Waals surface area contributed by atoms with E-state index in [1.165, 1.54) is 0 Å². The Kier molecular flexibility index (Phi) is 3.84. The van der Waals surface area contributed by atoms with E-state index >= 15 is 0 Å². The first-order valence-corrected chi connectivity index (χ1v) is 7.23. The molecule has 6 heteroatoms. The molecule has 0 aromatic heterocycles. The van der Waals surface area contributed by atoms with Crippen LogP contribution in [0.15, 0.2) is 12.1 Å². The minimum atomic E-state index is 0.248. The summed E-state index contributed by atoms with van der Waals surface area (Å²) in [7, 11) is 0. The number of benzene rings is 1. The van der Waals surface area contributed by atoms with Crippen molar-refractivity contribution < 1.29 is 10.2 Å². The largest absolute Gasteiger partial charge is 0.506 e. The SMILES string of the molecule is Oc1ccc(O)c(N2CCNCC2)c1N1CCNCC1. The summed E-state index contributed by atoms with van der Waals surface area (Å²) in [6.07, 6.45) is 0. The zero-order valence-electron chi connectivity index (χ0n) is 11.6. The molecule has 0 bridgehead atoms. The highest BCUT2D eigenvalue weighted by Crippen LogP contribution is 2.44. The van der Waals surface area contributed by atoms with E-state index < -0.39 is 0 Å². The lowest BCUT2D eigenvalue weighted by Gasteiger charge is -2.37. The molecule has 0 radical (unpaired) electrons. The van der Waals surface area contributed by atoms with E-state index in [4.69, 9.17) is 0 Å². The number of hydrogen-bond donors (Lipinski definition) is 4. The van der Waals surface area contributed by atoms with Crippen LogP contribution in [0.4, 0.5) is 11.4 Å². The Morgan fingerprint density at radius 3 is 1.40 bits per heavy atom. The zero-order valence-corrected chi connectivity index (χ0v) is 11.6. The van der Waals surface area contributed by atoms with Crippen LogP contribution < -0.4 is 20.4 Å². The molecular formula is C14H22N4O2. The number of rotatable bonds is 2. The minimum Gasteiger partial charge on any atom is -0.506 e. The van der Waals surface area contributed by atoms with Crippen LogP contribution >= 0.6 is 0 Å². The van der Waals surface area contributed by atoms with Crippen LogP contribution in [-0.4, -0.2) is 62.6 Å². The molecule has 0 saturated carbocycles. The number of phenols is 2. The molecule has 20 heavy (non-hydrogen) atoms. The van der Waals surface area contributed by atoms with Gasteiger partial charge in [0.05, 0.1) is 0 Å². The Labute approximate surface area is 119 Å². The molecule has 2 saturated heterocycles. The summed E-state index contributed by atoms with van der Waals surface area (Å²) in [6.45, 7) is 6.97. The van der Waals surface area contributed by atoms with Gasteiger partial charge >= 0.3 is 0 Å². The first kappa shape index (κ1) is 13.3. The molecule has 0 spiro atoms. The van der Waals surface area contributed by atoms with Crippen LogP contribution in [0.5, 0.6) is 11.5 Å². The van der Waals surface area contributed by atoms with Crippen molar-refractivity contribution in [1.82, 2.24) is 10.6 Å². The van der Waals surface area contributed by atoms with E-state index in [0.717, 1.165) is 63.7 Å². The molecule has 2 aliphatic heterocycles. The molecule has 2 fully saturated rings. The van der Waals surface area contributed by atoms with E-state index in [1.54, 1.807) is 12.1 Å². The van der Waals surface area contributed by atoms with Crippen molar-refractivity contribution in [2.45, 2.75) is 0 Å². The molecule has 6 nitrogen and oxygen atoms in total. The first-order chi connectivity index (χ1) is 9.77. The summed E-state index contributed by atoms with van der Waals surface area (Å²) in [4.78, 5) is 4.31. The Balaban J connectivity index is 1.99. The monoisotopic (exact) mass is 278 g/mol. The quantitative estimate of drug-likeness (QED) is 0.567. The van der Waals surface area contributed by atoms with Crippen LogP contribution in [-0.2, 0) is 0 Å². The van der Waals surface area contributed by atoms with Crippen molar-refractivity contribution in [3.8, 4) is 11.5 Å². The van der Waals surface area contributed by atoms with Gasteiger partial charge in [-0.2, -0.15) is 0 Å². The molecule has 0 aliphatic carbocycles. The van der Waals surface area contributed by atoms with Gasteiger partial charge in [-0.3, -0.25) is 0 Å². The van der Waals surface area contributed by atoms with Crippen molar-refractivity contribution in [1.29, 1.82) is 0 Å². The maximum absolute atomic E-state index is 10.3. The lowest BCUT2D eigenvalue weighted by molar-refractivity contribution is 0.453. The van der Waals surface area contributed by atoms with Crippen LogP contribution in [0.2, 0.25) is 0 Å². The first-order valence-electron chi connectivity index (χ1n) is 7.23. The highest BCUT2D eigenvalue weighted by Gasteiger charge is 2.25. The third kappa shape index (κ3) is 2.48. The van der Waals surface area contributed by atoms with E-state index in [2.05, 4.69) is 20.4 Å². The second-order valence-electron chi connectivity index (χ2n) is 5.28. The van der Waals surface area contributed by atoms with Crippen LogP contribution in [0.1, 0.15) is 0 Å². The van der Waals surface area contributed by atoms with E-state index in [-0.39, 0.29) is 11.5 Å². The molecule has 110 valence electrons. The maximum atomic E-state index is 10.3. The zero-order chi connectivity index (χ0) is 13.9. The Hall–Kier alpha value is -1.66. The molecule has 1 aromatic carbocycles. The van der Waals surface area contributed by atoms with Gasteiger partial charge in [0.2, 0.25) is 0 Å². The van der Waals surface area contributed by atoms with Gasteiger partial charge in [0.15, 0.2) is 0 Å². The smallest absolute Gasteiger partial charge is 0.141 e. The Bertz CT molecular complexity index is 425.